The Morgan fingerprint density at radius 3 is 3.04 bits per heavy atom. The lowest BCUT2D eigenvalue weighted by Crippen LogP contribution is -2.40. The van der Waals surface area contributed by atoms with E-state index < -0.39 is 0 Å². The predicted octanol–water partition coefficient (Wildman–Crippen LogP) is 4.55. The number of nitriles is 1. The van der Waals surface area contributed by atoms with Crippen molar-refractivity contribution in [1.82, 2.24) is 9.88 Å². The van der Waals surface area contributed by atoms with Crippen molar-refractivity contribution < 1.29 is 0 Å². The van der Waals surface area contributed by atoms with E-state index in [4.69, 9.17) is 16.9 Å². The molecule has 0 amide bonds. The molecule has 1 unspecified atom stereocenters. The summed E-state index contributed by atoms with van der Waals surface area (Å²) in [7, 11) is 0. The lowest BCUT2D eigenvalue weighted by Gasteiger charge is -2.31. The van der Waals surface area contributed by atoms with Crippen LogP contribution < -0.4 is 5.32 Å². The van der Waals surface area contributed by atoms with Crippen molar-refractivity contribution in [3.05, 3.63) is 58.2 Å². The number of aromatic amines is 1. The zero-order valence-corrected chi connectivity index (χ0v) is 14.9. The van der Waals surface area contributed by atoms with Gasteiger partial charge in [-0.1, -0.05) is 23.4 Å². The molecule has 6 heteroatoms. The molecule has 2 N–H and O–H groups in total. The molecule has 0 fully saturated rings. The predicted molar refractivity (Wildman–Crippen MR) is 102 cm³/mol. The quantitative estimate of drug-likeness (QED) is 0.663. The molecule has 2 aliphatic rings. The normalized spacial score (nSPS) is 19.3. The molecule has 1 aromatic heterocycles. The number of nitrogens with zero attached hydrogens (tertiary/aromatic N) is 2. The number of nitrogens with one attached hydrogen (secondary N) is 2. The van der Waals surface area contributed by atoms with Gasteiger partial charge in [0, 0.05) is 45.3 Å². The highest BCUT2D eigenvalue weighted by Gasteiger charge is 2.31. The number of benzene rings is 2. The molecule has 0 radical (unpaired) electrons. The second kappa shape index (κ2) is 5.70. The number of hydrogen-bond acceptors (Lipinski definition) is 4. The fraction of sp³-hybridized carbons (Fsp3) is 0.211. The lowest BCUT2D eigenvalue weighted by molar-refractivity contribution is 0.251. The highest BCUT2D eigenvalue weighted by atomic mass is 35.5. The molecule has 2 aliphatic heterocycles. The first-order valence-electron chi connectivity index (χ1n) is 8.21. The van der Waals surface area contributed by atoms with Gasteiger partial charge in [-0.15, -0.1) is 0 Å². The van der Waals surface area contributed by atoms with Crippen LogP contribution in [0.4, 0.5) is 5.69 Å². The van der Waals surface area contributed by atoms with Crippen molar-refractivity contribution in [2.75, 3.05) is 11.9 Å². The molecule has 3 aromatic rings. The number of anilines is 1. The van der Waals surface area contributed by atoms with Gasteiger partial charge in [-0.3, -0.25) is 4.90 Å². The molecular weight excluding hydrogens is 352 g/mol. The number of H-pyrrole nitrogens is 1. The zero-order valence-electron chi connectivity index (χ0n) is 13.3. The Morgan fingerprint density at radius 1 is 1.24 bits per heavy atom. The Kier molecular flexibility index (Phi) is 3.46. The average Bonchev–Trinajstić information content (AvgIpc) is 3.21. The average molecular weight is 367 g/mol. The van der Waals surface area contributed by atoms with E-state index >= 15 is 0 Å². The number of fused-ring (bicyclic) bond motifs is 4. The number of halogens is 1. The van der Waals surface area contributed by atoms with Crippen LogP contribution in [-0.4, -0.2) is 21.9 Å². The van der Waals surface area contributed by atoms with Crippen LogP contribution in [0.15, 0.2) is 41.3 Å². The van der Waals surface area contributed by atoms with Gasteiger partial charge >= 0.3 is 0 Å². The van der Waals surface area contributed by atoms with E-state index in [0.717, 1.165) is 40.6 Å². The summed E-state index contributed by atoms with van der Waals surface area (Å²) < 4.78 is 0. The fourth-order valence-electron chi connectivity index (χ4n) is 3.69. The van der Waals surface area contributed by atoms with Crippen molar-refractivity contribution in [1.29, 1.82) is 5.26 Å². The Labute approximate surface area is 154 Å². The molecule has 3 heterocycles. The van der Waals surface area contributed by atoms with Gasteiger partial charge in [0.1, 0.15) is 5.50 Å². The van der Waals surface area contributed by atoms with Gasteiger partial charge in [0.15, 0.2) is 0 Å². The van der Waals surface area contributed by atoms with Crippen molar-refractivity contribution in [3.63, 3.8) is 0 Å². The summed E-state index contributed by atoms with van der Waals surface area (Å²) in [4.78, 5) is 7.15. The number of aromatic nitrogens is 1. The number of hydrogen-bond donors (Lipinski definition) is 2. The summed E-state index contributed by atoms with van der Waals surface area (Å²) in [6.07, 6.45) is 1.01. The van der Waals surface area contributed by atoms with E-state index in [9.17, 15) is 0 Å². The van der Waals surface area contributed by atoms with E-state index in [0.29, 0.717) is 5.56 Å². The minimum absolute atomic E-state index is 0.201. The first kappa shape index (κ1) is 15.2. The monoisotopic (exact) mass is 366 g/mol. The van der Waals surface area contributed by atoms with Gasteiger partial charge < -0.3 is 10.3 Å². The van der Waals surface area contributed by atoms with E-state index in [1.54, 1.807) is 11.8 Å². The van der Waals surface area contributed by atoms with Gasteiger partial charge in [0.2, 0.25) is 0 Å². The summed E-state index contributed by atoms with van der Waals surface area (Å²) in [5, 5.41) is 14.7. The summed E-state index contributed by atoms with van der Waals surface area (Å²) in [5.41, 5.74) is 5.85. The van der Waals surface area contributed by atoms with Crippen LogP contribution in [0.3, 0.4) is 0 Å². The maximum Gasteiger partial charge on any atom is 0.133 e. The largest absolute Gasteiger partial charge is 0.360 e. The van der Waals surface area contributed by atoms with Crippen molar-refractivity contribution >= 4 is 40.0 Å². The molecule has 0 aliphatic carbocycles. The zero-order chi connectivity index (χ0) is 17.0. The maximum absolute atomic E-state index is 9.08. The summed E-state index contributed by atoms with van der Waals surface area (Å²) in [5.74, 6) is 0. The van der Waals surface area contributed by atoms with Gasteiger partial charge in [-0.05, 0) is 48.4 Å². The van der Waals surface area contributed by atoms with Gasteiger partial charge in [0.05, 0.1) is 11.6 Å². The van der Waals surface area contributed by atoms with Crippen molar-refractivity contribution in [2.45, 2.75) is 23.4 Å². The van der Waals surface area contributed by atoms with Gasteiger partial charge in [0.25, 0.3) is 0 Å². The third-order valence-electron chi connectivity index (χ3n) is 4.93. The van der Waals surface area contributed by atoms with Crippen LogP contribution in [-0.2, 0) is 13.0 Å². The van der Waals surface area contributed by atoms with Crippen molar-refractivity contribution in [3.8, 4) is 6.07 Å². The number of thioether (sulfide) groups is 1. The number of rotatable bonds is 1. The fourth-order valence-corrected chi connectivity index (χ4v) is 5.07. The van der Waals surface area contributed by atoms with Crippen LogP contribution in [0.25, 0.3) is 10.9 Å². The Hall–Kier alpha value is -2.13. The minimum Gasteiger partial charge on any atom is -0.360 e. The van der Waals surface area contributed by atoms with E-state index in [2.05, 4.69) is 33.4 Å². The minimum atomic E-state index is 0.201. The first-order chi connectivity index (χ1) is 12.2. The van der Waals surface area contributed by atoms with Crippen LogP contribution in [0, 0.1) is 11.3 Å². The van der Waals surface area contributed by atoms with Crippen LogP contribution in [0.5, 0.6) is 0 Å². The highest BCUT2D eigenvalue weighted by Crippen LogP contribution is 2.41. The maximum atomic E-state index is 9.08. The van der Waals surface area contributed by atoms with E-state index in [-0.39, 0.29) is 5.50 Å². The summed E-state index contributed by atoms with van der Waals surface area (Å²) in [6.45, 7) is 1.88. The molecule has 1 atom stereocenters. The molecule has 0 spiro atoms. The third kappa shape index (κ3) is 2.49. The topological polar surface area (TPSA) is 54.9 Å². The van der Waals surface area contributed by atoms with Crippen molar-refractivity contribution in [2.24, 2.45) is 0 Å². The Morgan fingerprint density at radius 2 is 2.16 bits per heavy atom. The molecule has 124 valence electrons. The first-order valence-corrected chi connectivity index (χ1v) is 9.47. The summed E-state index contributed by atoms with van der Waals surface area (Å²) in [6, 6.07) is 14.1. The Balaban J connectivity index is 1.41. The smallest absolute Gasteiger partial charge is 0.133 e. The highest BCUT2D eigenvalue weighted by molar-refractivity contribution is 8.00. The second-order valence-electron chi connectivity index (χ2n) is 6.43. The lowest BCUT2D eigenvalue weighted by atomic mass is 10.0. The van der Waals surface area contributed by atoms with Crippen LogP contribution in [0.2, 0.25) is 5.02 Å². The Bertz CT molecular complexity index is 1040. The molecule has 4 nitrogen and oxygen atoms in total. The molecule has 25 heavy (non-hydrogen) atoms. The second-order valence-corrected chi connectivity index (χ2v) is 7.99. The summed E-state index contributed by atoms with van der Waals surface area (Å²) >= 11 is 7.95. The molecule has 0 saturated carbocycles. The van der Waals surface area contributed by atoms with E-state index in [1.165, 1.54) is 16.6 Å². The standard InChI is InChI=1S/C19H15ClN4S/c20-12-2-4-15-14(8-12)13-5-6-24(10-17(13)22-15)19-23-16-3-1-11(9-21)7-18(16)25-19/h1-4,7-8,19,22-23H,5-6,10H2. The van der Waals surface area contributed by atoms with Gasteiger partial charge in [-0.2, -0.15) is 5.26 Å². The molecule has 5 rings (SSSR count). The van der Waals surface area contributed by atoms with Crippen LogP contribution >= 0.6 is 23.4 Å². The molecule has 2 aromatic carbocycles. The molecular formula is C19H15ClN4S. The SMILES string of the molecule is N#Cc1ccc2c(c1)SC(N1CCc3c([nH]c4ccc(Cl)cc34)C1)N2. The molecule has 0 saturated heterocycles. The van der Waals surface area contributed by atoms with E-state index in [1.807, 2.05) is 24.3 Å². The van der Waals surface area contributed by atoms with Crippen LogP contribution in [0.1, 0.15) is 16.8 Å². The van der Waals surface area contributed by atoms with Gasteiger partial charge in [-0.25, -0.2) is 0 Å². The third-order valence-corrected chi connectivity index (χ3v) is 6.39. The molecule has 0 bridgehead atoms.